The van der Waals surface area contributed by atoms with Gasteiger partial charge in [-0.2, -0.15) is 0 Å². The van der Waals surface area contributed by atoms with Gasteiger partial charge >= 0.3 is 0 Å². The van der Waals surface area contributed by atoms with E-state index in [-0.39, 0.29) is 5.41 Å². The lowest BCUT2D eigenvalue weighted by Gasteiger charge is -2.38. The molecule has 1 fully saturated rings. The number of rotatable bonds is 0. The number of amidine groups is 1. The molecule has 0 unspecified atom stereocenters. The molecule has 1 spiro atoms. The Hall–Kier alpha value is -1.02. The quantitative estimate of drug-likeness (QED) is 0.741. The number of hydrogen-bond donors (Lipinski definition) is 1. The van der Waals surface area contributed by atoms with E-state index in [0.29, 0.717) is 0 Å². The SMILES string of the molecule is CN=C1Nc2c(cc(C)c(C)c2Cl)C12CCC2. The van der Waals surface area contributed by atoms with Gasteiger partial charge in [-0.25, -0.2) is 0 Å². The number of nitrogens with one attached hydrogen (secondary N) is 1. The first-order valence-corrected chi connectivity index (χ1v) is 6.52. The van der Waals surface area contributed by atoms with Crippen LogP contribution in [0, 0.1) is 13.8 Å². The molecule has 1 N–H and O–H groups in total. The zero-order valence-electron chi connectivity index (χ0n) is 10.5. The zero-order chi connectivity index (χ0) is 12.2. The van der Waals surface area contributed by atoms with Crippen molar-refractivity contribution in [2.75, 3.05) is 12.4 Å². The highest BCUT2D eigenvalue weighted by molar-refractivity contribution is 6.36. The lowest BCUT2D eigenvalue weighted by Crippen LogP contribution is -2.41. The number of aryl methyl sites for hydroxylation is 1. The zero-order valence-corrected chi connectivity index (χ0v) is 11.3. The summed E-state index contributed by atoms with van der Waals surface area (Å²) in [6, 6.07) is 2.29. The number of nitrogens with zero attached hydrogens (tertiary/aromatic N) is 1. The molecule has 1 heterocycles. The van der Waals surface area contributed by atoms with Crippen LogP contribution in [-0.2, 0) is 5.41 Å². The molecule has 0 radical (unpaired) electrons. The van der Waals surface area contributed by atoms with Gasteiger partial charge < -0.3 is 5.32 Å². The molecule has 0 amide bonds. The number of benzene rings is 1. The van der Waals surface area contributed by atoms with Crippen LogP contribution in [0.5, 0.6) is 0 Å². The van der Waals surface area contributed by atoms with E-state index in [1.165, 1.54) is 36.0 Å². The normalized spacial score (nSPS) is 22.5. The third-order valence-electron chi connectivity index (χ3n) is 4.41. The van der Waals surface area contributed by atoms with E-state index in [2.05, 4.69) is 30.2 Å². The molecule has 0 atom stereocenters. The van der Waals surface area contributed by atoms with Gasteiger partial charge in [0.05, 0.1) is 16.1 Å². The Labute approximate surface area is 107 Å². The fourth-order valence-corrected chi connectivity index (χ4v) is 3.35. The van der Waals surface area contributed by atoms with Crippen molar-refractivity contribution in [3.63, 3.8) is 0 Å². The summed E-state index contributed by atoms with van der Waals surface area (Å²) in [4.78, 5) is 4.42. The Morgan fingerprint density at radius 2 is 2.06 bits per heavy atom. The molecule has 1 aliphatic heterocycles. The molecule has 2 aliphatic rings. The maximum Gasteiger partial charge on any atom is 0.111 e. The predicted molar refractivity (Wildman–Crippen MR) is 73.4 cm³/mol. The van der Waals surface area contributed by atoms with Gasteiger partial charge in [-0.1, -0.05) is 24.1 Å². The number of hydrogen-bond acceptors (Lipinski definition) is 1. The molecule has 1 aromatic rings. The third-order valence-corrected chi connectivity index (χ3v) is 4.89. The van der Waals surface area contributed by atoms with Gasteiger partial charge in [0.2, 0.25) is 0 Å². The van der Waals surface area contributed by atoms with Crippen LogP contribution in [-0.4, -0.2) is 12.9 Å². The van der Waals surface area contributed by atoms with Crippen molar-refractivity contribution >= 4 is 23.1 Å². The molecule has 90 valence electrons. The molecular formula is C14H17ClN2. The summed E-state index contributed by atoms with van der Waals surface area (Å²) >= 11 is 6.46. The fourth-order valence-electron chi connectivity index (χ4n) is 3.05. The number of halogens is 1. The first kappa shape index (κ1) is 11.1. The van der Waals surface area contributed by atoms with E-state index in [9.17, 15) is 0 Å². The van der Waals surface area contributed by atoms with Gasteiger partial charge in [0, 0.05) is 7.05 Å². The van der Waals surface area contributed by atoms with Crippen molar-refractivity contribution in [1.82, 2.24) is 0 Å². The largest absolute Gasteiger partial charge is 0.342 e. The molecule has 1 saturated carbocycles. The van der Waals surface area contributed by atoms with Crippen molar-refractivity contribution in [2.45, 2.75) is 38.5 Å². The van der Waals surface area contributed by atoms with Crippen LogP contribution in [0.25, 0.3) is 0 Å². The maximum absolute atomic E-state index is 6.46. The summed E-state index contributed by atoms with van der Waals surface area (Å²) in [7, 11) is 1.86. The minimum Gasteiger partial charge on any atom is -0.342 e. The highest BCUT2D eigenvalue weighted by Crippen LogP contribution is 2.54. The van der Waals surface area contributed by atoms with Gasteiger partial charge in [0.25, 0.3) is 0 Å². The molecule has 0 bridgehead atoms. The van der Waals surface area contributed by atoms with Gasteiger partial charge in [0.15, 0.2) is 0 Å². The molecule has 3 rings (SSSR count). The highest BCUT2D eigenvalue weighted by atomic mass is 35.5. The van der Waals surface area contributed by atoms with E-state index < -0.39 is 0 Å². The van der Waals surface area contributed by atoms with E-state index >= 15 is 0 Å². The standard InChI is InChI=1S/C14H17ClN2/c1-8-7-10-12(11(15)9(8)2)17-13(16-3)14(10)5-4-6-14/h7H,4-6H2,1-3H3,(H,16,17). The average molecular weight is 249 g/mol. The summed E-state index contributed by atoms with van der Waals surface area (Å²) in [6.45, 7) is 4.21. The van der Waals surface area contributed by atoms with Crippen molar-refractivity contribution in [1.29, 1.82) is 0 Å². The monoisotopic (exact) mass is 248 g/mol. The molecule has 1 aliphatic carbocycles. The number of anilines is 1. The van der Waals surface area contributed by atoms with Crippen LogP contribution in [0.2, 0.25) is 5.02 Å². The van der Waals surface area contributed by atoms with E-state index in [1.54, 1.807) is 0 Å². The Balaban J connectivity index is 2.26. The topological polar surface area (TPSA) is 24.4 Å². The summed E-state index contributed by atoms with van der Waals surface area (Å²) in [5.41, 5.74) is 5.04. The van der Waals surface area contributed by atoms with Crippen LogP contribution in [0.4, 0.5) is 5.69 Å². The van der Waals surface area contributed by atoms with Crippen LogP contribution in [0.1, 0.15) is 36.0 Å². The van der Waals surface area contributed by atoms with E-state index in [1.807, 2.05) is 7.05 Å². The second-order valence-electron chi connectivity index (χ2n) is 5.19. The summed E-state index contributed by atoms with van der Waals surface area (Å²) in [5, 5.41) is 4.30. The van der Waals surface area contributed by atoms with E-state index in [0.717, 1.165) is 16.5 Å². The second kappa shape index (κ2) is 3.49. The van der Waals surface area contributed by atoms with E-state index in [4.69, 9.17) is 11.6 Å². The fraction of sp³-hybridized carbons (Fsp3) is 0.500. The average Bonchev–Trinajstić information content (AvgIpc) is 2.60. The third kappa shape index (κ3) is 1.25. The number of aliphatic imine (C=N–C) groups is 1. The molecular weight excluding hydrogens is 232 g/mol. The summed E-state index contributed by atoms with van der Waals surface area (Å²) in [5.74, 6) is 1.10. The minimum atomic E-state index is 0.145. The van der Waals surface area contributed by atoms with Crippen molar-refractivity contribution in [3.05, 3.63) is 27.8 Å². The van der Waals surface area contributed by atoms with Crippen molar-refractivity contribution in [3.8, 4) is 0 Å². The van der Waals surface area contributed by atoms with Gasteiger partial charge in [0.1, 0.15) is 5.84 Å². The minimum absolute atomic E-state index is 0.145. The summed E-state index contributed by atoms with van der Waals surface area (Å²) < 4.78 is 0. The molecule has 0 saturated heterocycles. The smallest absolute Gasteiger partial charge is 0.111 e. The van der Waals surface area contributed by atoms with Gasteiger partial charge in [-0.15, -0.1) is 0 Å². The van der Waals surface area contributed by atoms with Crippen LogP contribution in [0.3, 0.4) is 0 Å². The molecule has 1 aromatic carbocycles. The van der Waals surface area contributed by atoms with Crippen molar-refractivity contribution < 1.29 is 0 Å². The van der Waals surface area contributed by atoms with Crippen molar-refractivity contribution in [2.24, 2.45) is 4.99 Å². The Morgan fingerprint density at radius 1 is 1.35 bits per heavy atom. The Kier molecular flexibility index (Phi) is 2.27. The van der Waals surface area contributed by atoms with Crippen LogP contribution < -0.4 is 5.32 Å². The van der Waals surface area contributed by atoms with Crippen LogP contribution >= 0.6 is 11.6 Å². The lowest BCUT2D eigenvalue weighted by atomic mass is 9.64. The molecule has 2 nitrogen and oxygen atoms in total. The lowest BCUT2D eigenvalue weighted by molar-refractivity contribution is 0.347. The number of fused-ring (bicyclic) bond motifs is 2. The highest BCUT2D eigenvalue weighted by Gasteiger charge is 2.49. The van der Waals surface area contributed by atoms with Crippen LogP contribution in [0.15, 0.2) is 11.1 Å². The first-order valence-electron chi connectivity index (χ1n) is 6.14. The predicted octanol–water partition coefficient (Wildman–Crippen LogP) is 3.83. The van der Waals surface area contributed by atoms with Gasteiger partial charge in [-0.05, 0) is 43.4 Å². The summed E-state index contributed by atoms with van der Waals surface area (Å²) in [6.07, 6.45) is 3.67. The molecule has 3 heteroatoms. The molecule has 17 heavy (non-hydrogen) atoms. The first-order chi connectivity index (χ1) is 8.10. The Morgan fingerprint density at radius 3 is 2.59 bits per heavy atom. The second-order valence-corrected chi connectivity index (χ2v) is 5.57. The molecule has 0 aromatic heterocycles. The van der Waals surface area contributed by atoms with Gasteiger partial charge in [-0.3, -0.25) is 4.99 Å². The Bertz CT molecular complexity index is 528. The maximum atomic E-state index is 6.46.